The Morgan fingerprint density at radius 3 is 2.53 bits per heavy atom. The average molecular weight is 472 g/mol. The molecule has 32 heavy (non-hydrogen) atoms. The maximum Gasteiger partial charge on any atom is 0.416 e. The Labute approximate surface area is 184 Å². The zero-order chi connectivity index (χ0) is 23.9. The van der Waals surface area contributed by atoms with Crippen LogP contribution in [0.5, 0.6) is 5.75 Å². The summed E-state index contributed by atoms with van der Waals surface area (Å²) in [5.41, 5.74) is 4.45. The van der Waals surface area contributed by atoms with E-state index in [1.165, 1.54) is 25.1 Å². The van der Waals surface area contributed by atoms with E-state index in [0.29, 0.717) is 6.07 Å². The van der Waals surface area contributed by atoms with Gasteiger partial charge < -0.3 is 15.8 Å². The minimum absolute atomic E-state index is 0.135. The highest BCUT2D eigenvalue weighted by Gasteiger charge is 2.38. The standard InChI is InChI=1S/C21H24F3N3O4S/c1-13(28)26-20(2,3)11-16-12-27(18-10-15(25)7-8-19(18)31-16)32(29,30)17-6-4-5-14(9-17)21(22,23)24/h4-10,16H,11-12,25H2,1-3H3,(H,26,28). The Bertz CT molecular complexity index is 1130. The number of carbonyl (C=O) groups is 1. The number of amides is 1. The van der Waals surface area contributed by atoms with E-state index in [1.807, 2.05) is 0 Å². The number of anilines is 2. The SMILES string of the molecule is CC(=O)NC(C)(C)CC1CN(S(=O)(=O)c2cccc(C(F)(F)F)c2)c2cc(N)ccc2O1. The largest absolute Gasteiger partial charge is 0.486 e. The van der Waals surface area contributed by atoms with E-state index in [0.717, 1.165) is 22.5 Å². The van der Waals surface area contributed by atoms with Crippen LogP contribution < -0.4 is 20.1 Å². The van der Waals surface area contributed by atoms with Gasteiger partial charge in [0.05, 0.1) is 22.7 Å². The van der Waals surface area contributed by atoms with Crippen molar-refractivity contribution >= 4 is 27.3 Å². The molecule has 0 aliphatic carbocycles. The quantitative estimate of drug-likeness (QED) is 0.650. The van der Waals surface area contributed by atoms with Crippen molar-refractivity contribution in [1.29, 1.82) is 0 Å². The van der Waals surface area contributed by atoms with Gasteiger partial charge >= 0.3 is 6.18 Å². The smallest absolute Gasteiger partial charge is 0.416 e. The van der Waals surface area contributed by atoms with Crippen LogP contribution in [0.15, 0.2) is 47.4 Å². The Kier molecular flexibility index (Phi) is 6.07. The highest BCUT2D eigenvalue weighted by molar-refractivity contribution is 7.92. The molecule has 2 aromatic carbocycles. The first kappa shape index (κ1) is 23.7. The number of rotatable bonds is 5. The summed E-state index contributed by atoms with van der Waals surface area (Å²) in [7, 11) is -4.38. The molecule has 174 valence electrons. The molecular formula is C21H24F3N3O4S. The number of hydrogen-bond acceptors (Lipinski definition) is 5. The van der Waals surface area contributed by atoms with E-state index in [2.05, 4.69) is 5.32 Å². The van der Waals surface area contributed by atoms with Gasteiger partial charge in [0.1, 0.15) is 11.9 Å². The zero-order valence-corrected chi connectivity index (χ0v) is 18.5. The molecule has 0 radical (unpaired) electrons. The van der Waals surface area contributed by atoms with Crippen molar-refractivity contribution in [1.82, 2.24) is 5.32 Å². The van der Waals surface area contributed by atoms with Gasteiger partial charge in [-0.1, -0.05) is 6.07 Å². The maximum atomic E-state index is 13.4. The number of halogens is 3. The first-order valence-corrected chi connectivity index (χ1v) is 11.2. The van der Waals surface area contributed by atoms with E-state index in [-0.39, 0.29) is 36.0 Å². The van der Waals surface area contributed by atoms with Crippen LogP contribution in [0.1, 0.15) is 32.8 Å². The Morgan fingerprint density at radius 2 is 1.91 bits per heavy atom. The van der Waals surface area contributed by atoms with Crippen molar-refractivity contribution < 1.29 is 31.1 Å². The number of nitrogens with zero attached hydrogens (tertiary/aromatic N) is 1. The lowest BCUT2D eigenvalue weighted by atomic mass is 9.95. The van der Waals surface area contributed by atoms with Gasteiger partial charge in [0, 0.05) is 24.6 Å². The third kappa shape index (κ3) is 5.09. The number of nitrogens with one attached hydrogen (secondary N) is 1. The molecule has 1 aliphatic rings. The van der Waals surface area contributed by atoms with Crippen LogP contribution in [-0.4, -0.2) is 32.5 Å². The summed E-state index contributed by atoms with van der Waals surface area (Å²) in [6, 6.07) is 8.02. The molecule has 7 nitrogen and oxygen atoms in total. The molecule has 1 aliphatic heterocycles. The van der Waals surface area contributed by atoms with Crippen molar-refractivity contribution in [2.45, 2.75) is 49.9 Å². The van der Waals surface area contributed by atoms with Crippen LogP contribution in [0, 0.1) is 0 Å². The highest BCUT2D eigenvalue weighted by atomic mass is 32.2. The number of nitrogens with two attached hydrogens (primary N) is 1. The minimum atomic E-state index is -4.69. The summed E-state index contributed by atoms with van der Waals surface area (Å²) in [6.45, 7) is 4.73. The molecule has 1 amide bonds. The summed E-state index contributed by atoms with van der Waals surface area (Å²) in [5, 5.41) is 2.78. The van der Waals surface area contributed by atoms with Gasteiger partial charge in [-0.15, -0.1) is 0 Å². The molecule has 1 heterocycles. The van der Waals surface area contributed by atoms with Gasteiger partial charge in [0.15, 0.2) is 0 Å². The monoisotopic (exact) mass is 471 g/mol. The molecule has 0 bridgehead atoms. The maximum absolute atomic E-state index is 13.4. The van der Waals surface area contributed by atoms with E-state index >= 15 is 0 Å². The van der Waals surface area contributed by atoms with Crippen LogP contribution >= 0.6 is 0 Å². The molecule has 1 atom stereocenters. The molecule has 0 spiro atoms. The Hall–Kier alpha value is -2.95. The van der Waals surface area contributed by atoms with Crippen molar-refractivity contribution in [3.05, 3.63) is 48.0 Å². The number of benzene rings is 2. The van der Waals surface area contributed by atoms with Crippen LogP contribution in [-0.2, 0) is 21.0 Å². The van der Waals surface area contributed by atoms with Gasteiger partial charge in [-0.25, -0.2) is 8.42 Å². The first-order chi connectivity index (χ1) is 14.7. The van der Waals surface area contributed by atoms with Crippen LogP contribution in [0.25, 0.3) is 0 Å². The number of alkyl halides is 3. The van der Waals surface area contributed by atoms with Crippen molar-refractivity contribution in [2.24, 2.45) is 0 Å². The lowest BCUT2D eigenvalue weighted by Gasteiger charge is -2.38. The molecule has 0 saturated heterocycles. The Balaban J connectivity index is 2.03. The minimum Gasteiger partial charge on any atom is -0.486 e. The van der Waals surface area contributed by atoms with E-state index < -0.39 is 38.3 Å². The third-order valence-corrected chi connectivity index (χ3v) is 6.69. The second-order valence-corrected chi connectivity index (χ2v) is 10.2. The summed E-state index contributed by atoms with van der Waals surface area (Å²) in [4.78, 5) is 11.0. The van der Waals surface area contributed by atoms with E-state index in [4.69, 9.17) is 10.5 Å². The number of fused-ring (bicyclic) bond motifs is 1. The predicted molar refractivity (Wildman–Crippen MR) is 114 cm³/mol. The van der Waals surface area contributed by atoms with Crippen molar-refractivity contribution in [3.8, 4) is 5.75 Å². The number of sulfonamides is 1. The van der Waals surface area contributed by atoms with Gasteiger partial charge in [-0.2, -0.15) is 13.2 Å². The fourth-order valence-corrected chi connectivity index (χ4v) is 5.26. The second-order valence-electron chi connectivity index (χ2n) is 8.30. The molecule has 1 unspecified atom stereocenters. The molecule has 11 heteroatoms. The molecule has 3 rings (SSSR count). The predicted octanol–water partition coefficient (Wildman–Crippen LogP) is 3.55. The van der Waals surface area contributed by atoms with Crippen LogP contribution in [0.3, 0.4) is 0 Å². The molecule has 0 aromatic heterocycles. The summed E-state index contributed by atoms with van der Waals surface area (Å²) in [6.07, 6.45) is -5.11. The topological polar surface area (TPSA) is 102 Å². The first-order valence-electron chi connectivity index (χ1n) is 9.74. The van der Waals surface area contributed by atoms with Gasteiger partial charge in [0.25, 0.3) is 10.0 Å². The number of carbonyl (C=O) groups excluding carboxylic acids is 1. The molecule has 3 N–H and O–H groups in total. The fraction of sp³-hybridized carbons (Fsp3) is 0.381. The summed E-state index contributed by atoms with van der Waals surface area (Å²) >= 11 is 0. The average Bonchev–Trinajstić information content (AvgIpc) is 2.65. The van der Waals surface area contributed by atoms with E-state index in [1.54, 1.807) is 13.8 Å². The van der Waals surface area contributed by atoms with E-state index in [9.17, 15) is 26.4 Å². The van der Waals surface area contributed by atoms with Crippen LogP contribution in [0.2, 0.25) is 0 Å². The second kappa shape index (κ2) is 8.19. The van der Waals surface area contributed by atoms with Gasteiger partial charge in [-0.05, 0) is 50.2 Å². The summed E-state index contributed by atoms with van der Waals surface area (Å²) in [5.74, 6) is -0.0305. The number of nitrogen functional groups attached to an aromatic ring is 1. The van der Waals surface area contributed by atoms with Gasteiger partial charge in [0.2, 0.25) is 5.91 Å². The molecular weight excluding hydrogens is 447 g/mol. The normalized spacial score (nSPS) is 16.8. The summed E-state index contributed by atoms with van der Waals surface area (Å²) < 4.78 is 73.3. The lowest BCUT2D eigenvalue weighted by molar-refractivity contribution is -0.137. The fourth-order valence-electron chi connectivity index (χ4n) is 3.72. The molecule has 2 aromatic rings. The lowest BCUT2D eigenvalue weighted by Crippen LogP contribution is -2.50. The van der Waals surface area contributed by atoms with Crippen molar-refractivity contribution in [2.75, 3.05) is 16.6 Å². The number of hydrogen-bond donors (Lipinski definition) is 2. The molecule has 0 saturated carbocycles. The molecule has 0 fully saturated rings. The number of ether oxygens (including phenoxy) is 1. The van der Waals surface area contributed by atoms with Crippen molar-refractivity contribution in [3.63, 3.8) is 0 Å². The Morgan fingerprint density at radius 1 is 1.22 bits per heavy atom. The third-order valence-electron chi connectivity index (χ3n) is 4.92. The zero-order valence-electron chi connectivity index (χ0n) is 17.7. The highest BCUT2D eigenvalue weighted by Crippen LogP contribution is 2.40. The van der Waals surface area contributed by atoms with Crippen LogP contribution in [0.4, 0.5) is 24.5 Å². The van der Waals surface area contributed by atoms with Gasteiger partial charge in [-0.3, -0.25) is 9.10 Å².